The summed E-state index contributed by atoms with van der Waals surface area (Å²) < 4.78 is 2.35. The van der Waals surface area contributed by atoms with Gasteiger partial charge in [0.2, 0.25) is 0 Å². The zero-order valence-electron chi connectivity index (χ0n) is 22.5. The molecular formula is C28H38N8O2. The molecule has 3 atom stereocenters. The lowest BCUT2D eigenvalue weighted by Gasteiger charge is -2.32. The van der Waals surface area contributed by atoms with E-state index >= 15 is 0 Å². The van der Waals surface area contributed by atoms with Crippen LogP contribution in [0.2, 0.25) is 0 Å². The van der Waals surface area contributed by atoms with Crippen LogP contribution in [0.3, 0.4) is 0 Å². The highest BCUT2D eigenvalue weighted by Crippen LogP contribution is 2.36. The van der Waals surface area contributed by atoms with Gasteiger partial charge in [-0.05, 0) is 69.4 Å². The molecule has 0 bridgehead atoms. The maximum absolute atomic E-state index is 11.7. The molecule has 1 amide bonds. The van der Waals surface area contributed by atoms with Crippen molar-refractivity contribution in [2.45, 2.75) is 90.4 Å². The van der Waals surface area contributed by atoms with Gasteiger partial charge in [0.15, 0.2) is 23.5 Å². The van der Waals surface area contributed by atoms with Crippen molar-refractivity contribution in [2.75, 3.05) is 5.32 Å². The fraction of sp³-hybridized carbons (Fsp3) is 0.607. The number of hydroxylamine groups is 1. The lowest BCUT2D eigenvalue weighted by Crippen LogP contribution is -2.32. The first-order valence-electron chi connectivity index (χ1n) is 14.1. The van der Waals surface area contributed by atoms with Crippen molar-refractivity contribution in [3.05, 3.63) is 41.7 Å². The Morgan fingerprint density at radius 3 is 2.58 bits per heavy atom. The van der Waals surface area contributed by atoms with Crippen molar-refractivity contribution in [3.8, 4) is 0 Å². The Bertz CT molecular complexity index is 1280. The monoisotopic (exact) mass is 518 g/mol. The molecule has 6 rings (SSSR count). The van der Waals surface area contributed by atoms with E-state index in [2.05, 4.69) is 52.5 Å². The van der Waals surface area contributed by atoms with Crippen LogP contribution < -0.4 is 16.1 Å². The van der Waals surface area contributed by atoms with Gasteiger partial charge in [-0.25, -0.2) is 19.7 Å². The normalized spacial score (nSPS) is 25.4. The van der Waals surface area contributed by atoms with Crippen molar-refractivity contribution < 1.29 is 9.63 Å². The lowest BCUT2D eigenvalue weighted by molar-refractivity contribution is 0.120. The first-order valence-corrected chi connectivity index (χ1v) is 14.1. The minimum Gasteiger partial charge on any atom is -0.365 e. The molecule has 10 nitrogen and oxygen atoms in total. The van der Waals surface area contributed by atoms with Gasteiger partial charge in [-0.1, -0.05) is 32.3 Å². The number of imidazole rings is 1. The first kappa shape index (κ1) is 25.0. The smallest absolute Gasteiger partial charge is 0.365 e. The summed E-state index contributed by atoms with van der Waals surface area (Å²) in [7, 11) is 0. The van der Waals surface area contributed by atoms with Crippen molar-refractivity contribution in [1.82, 2.24) is 35.3 Å². The molecule has 202 valence electrons. The van der Waals surface area contributed by atoms with Gasteiger partial charge in [-0.15, -0.1) is 5.48 Å². The molecule has 3 aliphatic rings. The van der Waals surface area contributed by atoms with E-state index in [1.807, 2.05) is 18.3 Å². The Balaban J connectivity index is 1.46. The fourth-order valence-electron chi connectivity index (χ4n) is 6.03. The van der Waals surface area contributed by atoms with Gasteiger partial charge >= 0.3 is 6.09 Å². The summed E-state index contributed by atoms with van der Waals surface area (Å²) in [5.41, 5.74) is 5.23. The number of rotatable bonds is 8. The number of carbonyl (C=O) groups is 1. The Morgan fingerprint density at radius 1 is 1.11 bits per heavy atom. The van der Waals surface area contributed by atoms with E-state index in [1.54, 1.807) is 0 Å². The first-order chi connectivity index (χ1) is 18.5. The summed E-state index contributed by atoms with van der Waals surface area (Å²) in [5, 5.41) is 6.46. The average molecular weight is 519 g/mol. The highest BCUT2D eigenvalue weighted by atomic mass is 16.7. The number of hydrogen-bond donors (Lipinski definition) is 3. The zero-order valence-corrected chi connectivity index (χ0v) is 22.5. The maximum atomic E-state index is 11.7. The molecule has 1 saturated heterocycles. The van der Waals surface area contributed by atoms with E-state index in [0.717, 1.165) is 35.3 Å². The highest BCUT2D eigenvalue weighted by molar-refractivity contribution is 5.84. The van der Waals surface area contributed by atoms with Crippen LogP contribution in [0.5, 0.6) is 0 Å². The quantitative estimate of drug-likeness (QED) is 0.379. The third kappa shape index (κ3) is 4.93. The van der Waals surface area contributed by atoms with Crippen LogP contribution in [-0.2, 0) is 11.4 Å². The summed E-state index contributed by atoms with van der Waals surface area (Å²) in [4.78, 5) is 36.2. The van der Waals surface area contributed by atoms with Crippen LogP contribution >= 0.6 is 0 Å². The minimum absolute atomic E-state index is 0.0130. The molecule has 0 radical (unpaired) electrons. The van der Waals surface area contributed by atoms with E-state index in [-0.39, 0.29) is 12.0 Å². The van der Waals surface area contributed by atoms with Gasteiger partial charge in [0, 0.05) is 18.8 Å². The van der Waals surface area contributed by atoms with Gasteiger partial charge in [-0.2, -0.15) is 0 Å². The van der Waals surface area contributed by atoms with Crippen LogP contribution in [0.4, 0.5) is 10.6 Å². The predicted molar refractivity (Wildman–Crippen MR) is 144 cm³/mol. The minimum atomic E-state index is -0.631. The van der Waals surface area contributed by atoms with Gasteiger partial charge in [-0.3, -0.25) is 10.3 Å². The number of anilines is 1. The van der Waals surface area contributed by atoms with Crippen LogP contribution in [0.15, 0.2) is 24.4 Å². The number of carbonyl (C=O) groups excluding carboxylic acids is 1. The predicted octanol–water partition coefficient (Wildman–Crippen LogP) is 5.04. The standard InChI is InChI=1S/C28H38N8O2/c1-16-10-12-19(13-11-16)15-36-22-23(30-18(3)20-7-6-8-20)31-25(26-34-28(37)38-35-26)32-24(22)33-27(36)17(2)21-9-4-5-14-29-21/h4-5,9,14,16-20,26,35H,6-8,10-13,15H2,1-3H3,(H,34,37)(H,30,31,32)/t16?,17?,18-,19?,26?/m1/s1. The number of nitrogens with one attached hydrogen (secondary N) is 3. The molecule has 4 heterocycles. The lowest BCUT2D eigenvalue weighted by atomic mass is 9.80. The number of amides is 1. The second-order valence-electron chi connectivity index (χ2n) is 11.5. The van der Waals surface area contributed by atoms with Crippen LogP contribution in [0, 0.1) is 17.8 Å². The molecule has 3 aromatic rings. The molecule has 0 spiro atoms. The van der Waals surface area contributed by atoms with Crippen molar-refractivity contribution in [3.63, 3.8) is 0 Å². The molecular weight excluding hydrogens is 480 g/mol. The summed E-state index contributed by atoms with van der Waals surface area (Å²) >= 11 is 0. The zero-order chi connectivity index (χ0) is 26.2. The second kappa shape index (κ2) is 10.5. The number of nitrogens with zero attached hydrogens (tertiary/aromatic N) is 5. The van der Waals surface area contributed by atoms with E-state index < -0.39 is 12.3 Å². The maximum Gasteiger partial charge on any atom is 0.427 e. The number of hydrogen-bond acceptors (Lipinski definition) is 8. The van der Waals surface area contributed by atoms with E-state index in [0.29, 0.717) is 23.3 Å². The third-order valence-corrected chi connectivity index (χ3v) is 8.76. The SMILES string of the molecule is CC1CCC(Cn2c(C(C)c3ccccn3)nc3nc(C4NOC(=O)N4)nc(N[C@H](C)C4CCC4)c32)CC1. The number of fused-ring (bicyclic) bond motifs is 1. The summed E-state index contributed by atoms with van der Waals surface area (Å²) in [6.07, 6.45) is 9.35. The fourth-order valence-corrected chi connectivity index (χ4v) is 6.03. The topological polar surface area (TPSA) is 119 Å². The Kier molecular flexibility index (Phi) is 6.90. The van der Waals surface area contributed by atoms with Crippen LogP contribution in [0.1, 0.15) is 95.1 Å². The van der Waals surface area contributed by atoms with E-state index in [4.69, 9.17) is 19.8 Å². The van der Waals surface area contributed by atoms with Crippen LogP contribution in [-0.4, -0.2) is 36.6 Å². The molecule has 38 heavy (non-hydrogen) atoms. The summed E-state index contributed by atoms with van der Waals surface area (Å²) in [5.74, 6) is 4.13. The molecule has 3 aromatic heterocycles. The molecule has 0 aromatic carbocycles. The molecule has 3 N–H and O–H groups in total. The summed E-state index contributed by atoms with van der Waals surface area (Å²) in [6, 6.07) is 6.29. The van der Waals surface area contributed by atoms with Crippen molar-refractivity contribution in [1.29, 1.82) is 0 Å². The Hall–Kier alpha value is -3.27. The van der Waals surface area contributed by atoms with E-state index in [9.17, 15) is 4.79 Å². The van der Waals surface area contributed by atoms with Gasteiger partial charge in [0.25, 0.3) is 0 Å². The molecule has 10 heteroatoms. The summed E-state index contributed by atoms with van der Waals surface area (Å²) in [6.45, 7) is 7.63. The van der Waals surface area contributed by atoms with Gasteiger partial charge < -0.3 is 14.7 Å². The molecule has 1 aliphatic heterocycles. The molecule has 2 saturated carbocycles. The van der Waals surface area contributed by atoms with Gasteiger partial charge in [0.1, 0.15) is 11.3 Å². The van der Waals surface area contributed by atoms with Gasteiger partial charge in [0.05, 0.1) is 11.6 Å². The number of aromatic nitrogens is 5. The van der Waals surface area contributed by atoms with Crippen molar-refractivity contribution >= 4 is 23.1 Å². The number of pyridine rings is 1. The third-order valence-electron chi connectivity index (χ3n) is 8.76. The highest BCUT2D eigenvalue weighted by Gasteiger charge is 2.32. The van der Waals surface area contributed by atoms with Crippen LogP contribution in [0.25, 0.3) is 11.2 Å². The largest absolute Gasteiger partial charge is 0.427 e. The average Bonchev–Trinajstić information content (AvgIpc) is 3.48. The Labute approximate surface area is 223 Å². The molecule has 2 aliphatic carbocycles. The van der Waals surface area contributed by atoms with Crippen molar-refractivity contribution in [2.24, 2.45) is 17.8 Å². The second-order valence-corrected chi connectivity index (χ2v) is 11.5. The molecule has 2 unspecified atom stereocenters. The van der Waals surface area contributed by atoms with E-state index in [1.165, 1.54) is 44.9 Å². The molecule has 3 fully saturated rings. The Morgan fingerprint density at radius 2 is 1.92 bits per heavy atom.